The summed E-state index contributed by atoms with van der Waals surface area (Å²) >= 11 is 22.3. The summed E-state index contributed by atoms with van der Waals surface area (Å²) < 4.78 is 48.1. The van der Waals surface area contributed by atoms with E-state index in [-0.39, 0.29) is 40.3 Å². The highest BCUT2D eigenvalue weighted by Gasteiger charge is 2.31. The molecule has 0 heterocycles. The SMILES string of the molecule is C=CCN(CC=C)C(=O)C(Cl)Cl.CCc1cccc(C)c1N(C(=O)CCl)C(C)COC.O=C(O)c1cc(Oc2ccc(C(F)(F)F)cc2Cl)ccc1[N+](=O)[O-]. The number of carboxylic acid groups (broad SMARTS) is 1. The maximum absolute atomic E-state index is 12.6. The summed E-state index contributed by atoms with van der Waals surface area (Å²) in [5.41, 5.74) is 0.964. The first-order valence-electron chi connectivity index (χ1n) is 16.1. The molecule has 300 valence electrons. The first-order valence-corrected chi connectivity index (χ1v) is 17.9. The molecule has 0 saturated heterocycles. The van der Waals surface area contributed by atoms with Crippen LogP contribution in [0.15, 0.2) is 79.9 Å². The van der Waals surface area contributed by atoms with Crippen LogP contribution in [0, 0.1) is 17.0 Å². The number of anilines is 1. The lowest BCUT2D eigenvalue weighted by atomic mass is 10.0. The fourth-order valence-corrected chi connectivity index (χ4v) is 5.44. The van der Waals surface area contributed by atoms with Crippen LogP contribution in [-0.4, -0.2) is 76.3 Å². The minimum Gasteiger partial charge on any atom is -0.477 e. The summed E-state index contributed by atoms with van der Waals surface area (Å²) in [7, 11) is 1.64. The second-order valence-electron chi connectivity index (χ2n) is 11.2. The van der Waals surface area contributed by atoms with Gasteiger partial charge in [-0.05, 0) is 55.7 Å². The number of amides is 2. The van der Waals surface area contributed by atoms with Crippen molar-refractivity contribution in [2.45, 2.75) is 44.2 Å². The predicted molar refractivity (Wildman–Crippen MR) is 209 cm³/mol. The van der Waals surface area contributed by atoms with E-state index in [0.717, 1.165) is 53.6 Å². The van der Waals surface area contributed by atoms with E-state index in [1.807, 2.05) is 26.0 Å². The number of carbonyl (C=O) groups is 3. The van der Waals surface area contributed by atoms with Crippen molar-refractivity contribution in [1.29, 1.82) is 0 Å². The average Bonchev–Trinajstić information content (AvgIpc) is 3.12. The van der Waals surface area contributed by atoms with Gasteiger partial charge < -0.3 is 24.4 Å². The molecule has 0 aromatic heterocycles. The van der Waals surface area contributed by atoms with Crippen LogP contribution in [-0.2, 0) is 26.9 Å². The monoisotopic (exact) mass is 851 g/mol. The van der Waals surface area contributed by atoms with Gasteiger partial charge in [0.2, 0.25) is 5.91 Å². The maximum Gasteiger partial charge on any atom is 0.416 e. The Bertz CT molecular complexity index is 1800. The van der Waals surface area contributed by atoms with Crippen LogP contribution >= 0.6 is 46.4 Å². The smallest absolute Gasteiger partial charge is 0.416 e. The fourth-order valence-electron chi connectivity index (χ4n) is 4.82. The second kappa shape index (κ2) is 23.6. The second-order valence-corrected chi connectivity index (χ2v) is 13.0. The summed E-state index contributed by atoms with van der Waals surface area (Å²) in [6, 6.07) is 11.3. The molecule has 0 aliphatic carbocycles. The standard InChI is InChI=1S/C15H22ClNO2.C14H7ClF3NO5.C8H11Cl2NO/c1-5-13-8-6-7-11(2)15(13)17(14(18)9-16)12(3)10-19-4;15-10-5-7(14(16,17)18)1-4-12(10)24-8-2-3-11(19(22)23)9(6-8)13(20)21;1-3-5-11(6-4-2)8(12)7(9)10/h6-8,12H,5,9-10H2,1-4H3;1-6H,(H,20,21);3-4,7H,1-2,5-6H2. The number of carbonyl (C=O) groups excluding carboxylic acids is 2. The molecule has 1 atom stereocenters. The zero-order valence-electron chi connectivity index (χ0n) is 30.2. The van der Waals surface area contributed by atoms with E-state index in [2.05, 4.69) is 26.1 Å². The molecule has 0 spiro atoms. The number of ether oxygens (including phenoxy) is 2. The Hall–Kier alpha value is -4.34. The van der Waals surface area contributed by atoms with E-state index in [4.69, 9.17) is 61.0 Å². The summed E-state index contributed by atoms with van der Waals surface area (Å²) in [6.07, 6.45) is -0.482. The Morgan fingerprint density at radius 2 is 1.67 bits per heavy atom. The Morgan fingerprint density at radius 3 is 2.13 bits per heavy atom. The van der Waals surface area contributed by atoms with E-state index >= 15 is 0 Å². The Kier molecular flexibility index (Phi) is 20.8. The van der Waals surface area contributed by atoms with Crippen molar-refractivity contribution in [3.63, 3.8) is 0 Å². The highest BCUT2D eigenvalue weighted by molar-refractivity contribution is 6.53. The minimum absolute atomic E-state index is 0.0223. The molecular formula is C37H40Cl4F3N3O8. The Labute approximate surface area is 337 Å². The summed E-state index contributed by atoms with van der Waals surface area (Å²) in [5.74, 6) is -2.26. The van der Waals surface area contributed by atoms with Crippen LogP contribution in [0.25, 0.3) is 0 Å². The Balaban J connectivity index is 0.000000437. The first-order chi connectivity index (χ1) is 25.8. The van der Waals surface area contributed by atoms with Crippen molar-refractivity contribution in [3.05, 3.63) is 117 Å². The van der Waals surface area contributed by atoms with Gasteiger partial charge in [0.15, 0.2) is 4.84 Å². The van der Waals surface area contributed by atoms with Crippen molar-refractivity contribution in [2.24, 2.45) is 0 Å². The molecule has 0 radical (unpaired) electrons. The molecular weight excluding hydrogens is 813 g/mol. The van der Waals surface area contributed by atoms with Gasteiger partial charge in [0.25, 0.3) is 11.6 Å². The van der Waals surface area contributed by atoms with E-state index in [9.17, 15) is 37.7 Å². The van der Waals surface area contributed by atoms with E-state index in [0.29, 0.717) is 25.8 Å². The number of alkyl halides is 6. The van der Waals surface area contributed by atoms with Crippen molar-refractivity contribution < 1.29 is 47.1 Å². The summed E-state index contributed by atoms with van der Waals surface area (Å²) in [5, 5.41) is 19.4. The van der Waals surface area contributed by atoms with Gasteiger partial charge in [-0.25, -0.2) is 4.79 Å². The molecule has 11 nitrogen and oxygen atoms in total. The molecule has 1 unspecified atom stereocenters. The van der Waals surface area contributed by atoms with Crippen molar-refractivity contribution >= 4 is 75.6 Å². The Morgan fingerprint density at radius 1 is 1.05 bits per heavy atom. The molecule has 0 aliphatic rings. The van der Waals surface area contributed by atoms with Gasteiger partial charge >= 0.3 is 12.1 Å². The molecule has 0 fully saturated rings. The number of rotatable bonds is 15. The highest BCUT2D eigenvalue weighted by atomic mass is 35.5. The van der Waals surface area contributed by atoms with E-state index < -0.39 is 38.7 Å². The number of benzene rings is 3. The number of para-hydroxylation sites is 1. The maximum atomic E-state index is 12.6. The zero-order valence-corrected chi connectivity index (χ0v) is 33.3. The molecule has 55 heavy (non-hydrogen) atoms. The summed E-state index contributed by atoms with van der Waals surface area (Å²) in [4.78, 5) is 46.5. The molecule has 0 saturated carbocycles. The minimum atomic E-state index is -4.58. The van der Waals surface area contributed by atoms with E-state index in [1.54, 1.807) is 24.2 Å². The lowest BCUT2D eigenvalue weighted by molar-refractivity contribution is -0.385. The number of carboxylic acids is 1. The van der Waals surface area contributed by atoms with Gasteiger partial charge in [-0.2, -0.15) is 13.2 Å². The van der Waals surface area contributed by atoms with Crippen LogP contribution in [0.1, 0.15) is 40.9 Å². The van der Waals surface area contributed by atoms with Gasteiger partial charge in [-0.1, -0.05) is 72.1 Å². The number of hydrogen-bond acceptors (Lipinski definition) is 7. The first kappa shape index (κ1) is 48.7. The van der Waals surface area contributed by atoms with Crippen molar-refractivity contribution in [1.82, 2.24) is 4.90 Å². The van der Waals surface area contributed by atoms with Gasteiger partial charge in [0.05, 0.1) is 33.8 Å². The molecule has 3 aromatic rings. The number of aromatic carboxylic acids is 1. The number of halogens is 7. The number of hydrogen-bond donors (Lipinski definition) is 1. The van der Waals surface area contributed by atoms with Gasteiger partial charge in [-0.3, -0.25) is 19.7 Å². The largest absolute Gasteiger partial charge is 0.477 e. The highest BCUT2D eigenvalue weighted by Crippen LogP contribution is 2.37. The van der Waals surface area contributed by atoms with Crippen molar-refractivity contribution in [2.75, 3.05) is 37.6 Å². The lowest BCUT2D eigenvalue weighted by Crippen LogP contribution is -2.43. The molecule has 3 aromatic carbocycles. The molecule has 1 N–H and O–H groups in total. The third-order valence-corrected chi connectivity index (χ3v) is 8.15. The normalized spacial score (nSPS) is 11.2. The number of nitro benzene ring substituents is 1. The van der Waals surface area contributed by atoms with Crippen LogP contribution in [0.5, 0.6) is 11.5 Å². The van der Waals surface area contributed by atoms with Crippen LogP contribution in [0.4, 0.5) is 24.5 Å². The predicted octanol–water partition coefficient (Wildman–Crippen LogP) is 9.91. The third-order valence-electron chi connectivity index (χ3n) is 7.25. The zero-order chi connectivity index (χ0) is 42.0. The quantitative estimate of drug-likeness (QED) is 0.0690. The molecule has 18 heteroatoms. The third kappa shape index (κ3) is 15.0. The van der Waals surface area contributed by atoms with Crippen molar-refractivity contribution in [3.8, 4) is 11.5 Å². The lowest BCUT2D eigenvalue weighted by Gasteiger charge is -2.31. The molecule has 2 amide bonds. The topological polar surface area (TPSA) is 140 Å². The number of methoxy groups -OCH3 is 1. The molecule has 0 aliphatic heterocycles. The van der Waals surface area contributed by atoms with Crippen LogP contribution in [0.3, 0.4) is 0 Å². The number of aryl methyl sites for hydroxylation is 2. The molecule has 3 rings (SSSR count). The van der Waals surface area contributed by atoms with Crippen LogP contribution < -0.4 is 9.64 Å². The van der Waals surface area contributed by atoms with Gasteiger partial charge in [-0.15, -0.1) is 24.8 Å². The van der Waals surface area contributed by atoms with Gasteiger partial charge in [0.1, 0.15) is 22.9 Å². The van der Waals surface area contributed by atoms with Crippen LogP contribution in [0.2, 0.25) is 5.02 Å². The van der Waals surface area contributed by atoms with Gasteiger partial charge in [0, 0.05) is 32.3 Å². The fraction of sp³-hybridized carbons (Fsp3) is 0.324. The average molecular weight is 854 g/mol. The number of nitrogens with zero attached hydrogens (tertiary/aromatic N) is 3. The molecule has 0 bridgehead atoms. The van der Waals surface area contributed by atoms with E-state index in [1.165, 1.54) is 4.90 Å². The summed E-state index contributed by atoms with van der Waals surface area (Å²) in [6.45, 7) is 14.4. The number of nitro groups is 1.